The molecule has 5 nitrogen and oxygen atoms in total. The van der Waals surface area contributed by atoms with E-state index in [1.165, 1.54) is 12.6 Å². The molecule has 0 bridgehead atoms. The SMILES string of the molecule is CC1CCCN(c2cc(Cl)ncc2[N+](=O)[O-])C1. The van der Waals surface area contributed by atoms with Crippen molar-refractivity contribution in [2.75, 3.05) is 18.0 Å². The Bertz CT molecular complexity index is 439. The summed E-state index contributed by atoms with van der Waals surface area (Å²) in [6.45, 7) is 3.83. The number of rotatable bonds is 2. The minimum absolute atomic E-state index is 0.0310. The van der Waals surface area contributed by atoms with Crippen molar-refractivity contribution >= 4 is 23.0 Å². The van der Waals surface area contributed by atoms with Gasteiger partial charge in [-0.2, -0.15) is 0 Å². The summed E-state index contributed by atoms with van der Waals surface area (Å²) in [5.74, 6) is 0.551. The van der Waals surface area contributed by atoms with Gasteiger partial charge >= 0.3 is 5.69 Å². The number of aromatic nitrogens is 1. The van der Waals surface area contributed by atoms with Gasteiger partial charge in [-0.15, -0.1) is 0 Å². The molecule has 92 valence electrons. The van der Waals surface area contributed by atoms with Crippen LogP contribution in [0, 0.1) is 16.0 Å². The van der Waals surface area contributed by atoms with Gasteiger partial charge in [-0.25, -0.2) is 4.98 Å². The molecule has 1 aromatic rings. The molecule has 0 amide bonds. The molecule has 1 atom stereocenters. The zero-order valence-corrected chi connectivity index (χ0v) is 10.4. The van der Waals surface area contributed by atoms with Crippen LogP contribution in [0.2, 0.25) is 5.15 Å². The van der Waals surface area contributed by atoms with Crippen LogP contribution in [0.1, 0.15) is 19.8 Å². The van der Waals surface area contributed by atoms with E-state index in [0.29, 0.717) is 16.8 Å². The second-order valence-corrected chi connectivity index (χ2v) is 4.83. The number of anilines is 1. The fourth-order valence-electron chi connectivity index (χ4n) is 2.22. The molecule has 2 heterocycles. The van der Waals surface area contributed by atoms with Gasteiger partial charge < -0.3 is 4.90 Å². The maximum atomic E-state index is 11.0. The van der Waals surface area contributed by atoms with Gasteiger partial charge in [0.15, 0.2) is 0 Å². The average Bonchev–Trinajstić information content (AvgIpc) is 2.28. The van der Waals surface area contributed by atoms with Gasteiger partial charge in [-0.1, -0.05) is 18.5 Å². The van der Waals surface area contributed by atoms with Gasteiger partial charge in [-0.05, 0) is 18.8 Å². The van der Waals surface area contributed by atoms with E-state index in [-0.39, 0.29) is 5.69 Å². The first-order chi connectivity index (χ1) is 8.08. The summed E-state index contributed by atoms with van der Waals surface area (Å²) in [5.41, 5.74) is 0.616. The first-order valence-electron chi connectivity index (χ1n) is 5.63. The van der Waals surface area contributed by atoms with E-state index in [1.54, 1.807) is 6.07 Å². The number of halogens is 1. The molecule has 1 aromatic heterocycles. The monoisotopic (exact) mass is 255 g/mol. The Morgan fingerprint density at radius 2 is 2.41 bits per heavy atom. The Morgan fingerprint density at radius 3 is 3.06 bits per heavy atom. The van der Waals surface area contributed by atoms with Crippen LogP contribution in [-0.4, -0.2) is 23.0 Å². The van der Waals surface area contributed by atoms with Gasteiger partial charge in [0.05, 0.1) is 4.92 Å². The van der Waals surface area contributed by atoms with Crippen molar-refractivity contribution < 1.29 is 4.92 Å². The van der Waals surface area contributed by atoms with E-state index in [1.807, 2.05) is 4.90 Å². The van der Waals surface area contributed by atoms with Crippen molar-refractivity contribution in [3.8, 4) is 0 Å². The highest BCUT2D eigenvalue weighted by atomic mass is 35.5. The minimum Gasteiger partial charge on any atom is -0.366 e. The number of nitro groups is 1. The number of pyridine rings is 1. The molecule has 0 aliphatic carbocycles. The lowest BCUT2D eigenvalue weighted by molar-refractivity contribution is -0.384. The Balaban J connectivity index is 2.35. The van der Waals surface area contributed by atoms with E-state index >= 15 is 0 Å². The van der Waals surface area contributed by atoms with Crippen molar-refractivity contribution in [1.82, 2.24) is 4.98 Å². The molecule has 1 aliphatic heterocycles. The molecule has 0 spiro atoms. The van der Waals surface area contributed by atoms with Crippen LogP contribution in [0.15, 0.2) is 12.3 Å². The molecule has 0 saturated carbocycles. The molecule has 1 saturated heterocycles. The molecule has 0 aromatic carbocycles. The van der Waals surface area contributed by atoms with Gasteiger partial charge in [0, 0.05) is 19.2 Å². The second-order valence-electron chi connectivity index (χ2n) is 4.45. The van der Waals surface area contributed by atoms with Gasteiger partial charge in [0.25, 0.3) is 0 Å². The lowest BCUT2D eigenvalue weighted by atomic mass is 10.00. The van der Waals surface area contributed by atoms with Crippen molar-refractivity contribution in [1.29, 1.82) is 0 Å². The molecule has 2 rings (SSSR count). The Labute approximate surface area is 105 Å². The molecule has 1 fully saturated rings. The van der Waals surface area contributed by atoms with Crippen LogP contribution in [0.3, 0.4) is 0 Å². The fourth-order valence-corrected chi connectivity index (χ4v) is 2.37. The molecular weight excluding hydrogens is 242 g/mol. The van der Waals surface area contributed by atoms with Crippen molar-refractivity contribution in [3.63, 3.8) is 0 Å². The van der Waals surface area contributed by atoms with E-state index < -0.39 is 4.92 Å². The quantitative estimate of drug-likeness (QED) is 0.463. The highest BCUT2D eigenvalue weighted by Gasteiger charge is 2.24. The maximum Gasteiger partial charge on any atom is 0.310 e. The highest BCUT2D eigenvalue weighted by molar-refractivity contribution is 6.29. The van der Waals surface area contributed by atoms with Gasteiger partial charge in [-0.3, -0.25) is 10.1 Å². The first kappa shape index (κ1) is 12.1. The molecule has 1 aliphatic rings. The number of piperidine rings is 1. The number of nitrogens with zero attached hydrogens (tertiary/aromatic N) is 3. The topological polar surface area (TPSA) is 59.3 Å². The van der Waals surface area contributed by atoms with Crippen molar-refractivity contribution in [3.05, 3.63) is 27.5 Å². The van der Waals surface area contributed by atoms with Crippen molar-refractivity contribution in [2.45, 2.75) is 19.8 Å². The summed E-state index contributed by atoms with van der Waals surface area (Å²) in [4.78, 5) is 16.3. The lowest BCUT2D eigenvalue weighted by Gasteiger charge is -2.32. The van der Waals surface area contributed by atoms with Crippen LogP contribution in [0.25, 0.3) is 0 Å². The molecule has 6 heteroatoms. The molecule has 1 unspecified atom stereocenters. The van der Waals surface area contributed by atoms with Crippen LogP contribution in [0.5, 0.6) is 0 Å². The Morgan fingerprint density at radius 1 is 1.65 bits per heavy atom. The Hall–Kier alpha value is -1.36. The third-order valence-corrected chi connectivity index (χ3v) is 3.23. The minimum atomic E-state index is -0.405. The van der Waals surface area contributed by atoms with Gasteiger partial charge in [0.1, 0.15) is 17.0 Å². The largest absolute Gasteiger partial charge is 0.366 e. The molecule has 0 N–H and O–H groups in total. The predicted molar refractivity (Wildman–Crippen MR) is 66.5 cm³/mol. The van der Waals surface area contributed by atoms with E-state index in [9.17, 15) is 10.1 Å². The third kappa shape index (κ3) is 2.66. The third-order valence-electron chi connectivity index (χ3n) is 3.02. The second kappa shape index (κ2) is 4.87. The number of hydrogen-bond acceptors (Lipinski definition) is 4. The summed E-state index contributed by atoms with van der Waals surface area (Å²) in [6.07, 6.45) is 3.46. The molecule has 17 heavy (non-hydrogen) atoms. The molecule has 0 radical (unpaired) electrons. The summed E-state index contributed by atoms with van der Waals surface area (Å²) in [7, 11) is 0. The van der Waals surface area contributed by atoms with Crippen LogP contribution in [-0.2, 0) is 0 Å². The summed E-state index contributed by atoms with van der Waals surface area (Å²) >= 11 is 5.82. The number of hydrogen-bond donors (Lipinski definition) is 0. The van der Waals surface area contributed by atoms with E-state index in [4.69, 9.17) is 11.6 Å². The standard InChI is InChI=1S/C11H14ClN3O2/c1-8-3-2-4-14(7-8)9-5-11(12)13-6-10(9)15(16)17/h5-6,8H,2-4,7H2,1H3. The van der Waals surface area contributed by atoms with Crippen LogP contribution in [0.4, 0.5) is 11.4 Å². The fraction of sp³-hybridized carbons (Fsp3) is 0.545. The normalized spacial score (nSPS) is 20.4. The van der Waals surface area contributed by atoms with Gasteiger partial charge in [0.2, 0.25) is 0 Å². The predicted octanol–water partition coefficient (Wildman–Crippen LogP) is 2.88. The summed E-state index contributed by atoms with van der Waals surface area (Å²) < 4.78 is 0. The van der Waals surface area contributed by atoms with Crippen LogP contribution >= 0.6 is 11.6 Å². The summed E-state index contributed by atoms with van der Waals surface area (Å²) in [5, 5.41) is 11.2. The van der Waals surface area contributed by atoms with E-state index in [2.05, 4.69) is 11.9 Å². The first-order valence-corrected chi connectivity index (χ1v) is 6.00. The Kier molecular flexibility index (Phi) is 3.47. The molecular formula is C11H14ClN3O2. The lowest BCUT2D eigenvalue weighted by Crippen LogP contribution is -2.34. The average molecular weight is 256 g/mol. The van der Waals surface area contributed by atoms with E-state index in [0.717, 1.165) is 19.5 Å². The van der Waals surface area contributed by atoms with Crippen LogP contribution < -0.4 is 4.90 Å². The zero-order valence-electron chi connectivity index (χ0n) is 9.60. The zero-order chi connectivity index (χ0) is 12.4. The summed E-state index contributed by atoms with van der Waals surface area (Å²) in [6, 6.07) is 1.58. The smallest absolute Gasteiger partial charge is 0.310 e. The van der Waals surface area contributed by atoms with Crippen molar-refractivity contribution in [2.24, 2.45) is 5.92 Å². The maximum absolute atomic E-state index is 11.0. The highest BCUT2D eigenvalue weighted by Crippen LogP contribution is 2.32.